The highest BCUT2D eigenvalue weighted by molar-refractivity contribution is 9.09. The molecule has 3 saturated heterocycles. The van der Waals surface area contributed by atoms with E-state index in [9.17, 15) is 19.5 Å². The lowest BCUT2D eigenvalue weighted by Gasteiger charge is -2.46. The monoisotopic (exact) mass is 598 g/mol. The maximum Gasteiger partial charge on any atom is 0.311 e. The van der Waals surface area contributed by atoms with Gasteiger partial charge in [0.2, 0.25) is 11.8 Å². The fraction of sp³-hybridized carbons (Fsp3) is 0.750. The third-order valence-electron chi connectivity index (χ3n) is 7.72. The smallest absolute Gasteiger partial charge is 0.311 e. The minimum atomic E-state index is -0.721. The quantitative estimate of drug-likeness (QED) is 0.157. The molecular formula is C28H43BrN2O5S. The van der Waals surface area contributed by atoms with Crippen molar-refractivity contribution in [3.63, 3.8) is 0 Å². The predicted octanol–water partition coefficient (Wildman–Crippen LogP) is 4.18. The molecule has 9 heteroatoms. The average molecular weight is 600 g/mol. The van der Waals surface area contributed by atoms with E-state index < -0.39 is 34.1 Å². The summed E-state index contributed by atoms with van der Waals surface area (Å²) in [5.41, 5.74) is -0.493. The summed E-state index contributed by atoms with van der Waals surface area (Å²) in [4.78, 5) is 45.4. The van der Waals surface area contributed by atoms with E-state index in [4.69, 9.17) is 4.74 Å². The second kappa shape index (κ2) is 11.4. The van der Waals surface area contributed by atoms with Gasteiger partial charge in [-0.15, -0.1) is 18.3 Å². The van der Waals surface area contributed by atoms with Crippen LogP contribution >= 0.6 is 27.7 Å². The molecule has 3 aliphatic rings. The van der Waals surface area contributed by atoms with Gasteiger partial charge in [0.25, 0.3) is 0 Å². The normalized spacial score (nSPS) is 30.8. The van der Waals surface area contributed by atoms with Crippen LogP contribution in [-0.4, -0.2) is 85.4 Å². The molecule has 3 aliphatic heterocycles. The van der Waals surface area contributed by atoms with E-state index >= 15 is 0 Å². The molecule has 0 radical (unpaired) electrons. The molecule has 3 unspecified atom stereocenters. The zero-order valence-corrected chi connectivity index (χ0v) is 25.3. The number of nitrogens with zero attached hydrogens (tertiary/aromatic N) is 2. The van der Waals surface area contributed by atoms with E-state index in [0.29, 0.717) is 32.4 Å². The number of amides is 2. The van der Waals surface area contributed by atoms with Crippen molar-refractivity contribution >= 4 is 45.5 Å². The lowest BCUT2D eigenvalue weighted by Crippen LogP contribution is -2.60. The zero-order chi connectivity index (χ0) is 27.8. The number of carbonyl (C=O) groups is 3. The molecule has 6 atom stereocenters. The Morgan fingerprint density at radius 3 is 2.49 bits per heavy atom. The second-order valence-corrected chi connectivity index (χ2v) is 15.0. The molecule has 3 rings (SSSR count). The molecule has 7 nitrogen and oxygen atoms in total. The number of carbonyl (C=O) groups excluding carboxylic acids is 3. The molecule has 0 aliphatic carbocycles. The average Bonchev–Trinajstić information content (AvgIpc) is 3.37. The molecule has 3 heterocycles. The Hall–Kier alpha value is -1.32. The van der Waals surface area contributed by atoms with Crippen molar-refractivity contribution in [3.8, 4) is 0 Å². The summed E-state index contributed by atoms with van der Waals surface area (Å²) >= 11 is 5.39. The standard InChI is InChI=1S/C28H43BrN2O5S/c1-8-12-31(27(6,7)17-26(3,4)5)24(34)22-28-16-18(29)21(37-28)19(25(35)36-15-9-2)20(28)23(33)30(22)13-10-11-14-32/h8-9,18-22,32H,1-2,10-17H2,3-7H3/t18?,19-,20+,21-,22?,28?/m1/s1. The first-order chi connectivity index (χ1) is 17.3. The van der Waals surface area contributed by atoms with Crippen molar-refractivity contribution in [1.29, 1.82) is 0 Å². The Morgan fingerprint density at radius 2 is 1.92 bits per heavy atom. The number of fused-ring (bicyclic) bond motifs is 1. The van der Waals surface area contributed by atoms with Crippen LogP contribution < -0.4 is 0 Å². The highest BCUT2D eigenvalue weighted by Gasteiger charge is 2.76. The van der Waals surface area contributed by atoms with Crippen LogP contribution in [0.2, 0.25) is 0 Å². The van der Waals surface area contributed by atoms with Crippen LogP contribution in [0.5, 0.6) is 0 Å². The Kier molecular flexibility index (Phi) is 9.33. The Labute approximate surface area is 234 Å². The summed E-state index contributed by atoms with van der Waals surface area (Å²) in [6.45, 7) is 19.0. The van der Waals surface area contributed by atoms with Crippen LogP contribution in [0.1, 0.15) is 60.3 Å². The Bertz CT molecular complexity index is 919. The summed E-state index contributed by atoms with van der Waals surface area (Å²) in [6.07, 6.45) is 5.78. The molecule has 0 aromatic heterocycles. The number of thioether (sulfide) groups is 1. The topological polar surface area (TPSA) is 87.2 Å². The van der Waals surface area contributed by atoms with Crippen LogP contribution in [0.25, 0.3) is 0 Å². The lowest BCUT2D eigenvalue weighted by molar-refractivity contribution is -0.153. The number of halogens is 1. The van der Waals surface area contributed by atoms with Gasteiger partial charge in [0.15, 0.2) is 0 Å². The Balaban J connectivity index is 2.07. The highest BCUT2D eigenvalue weighted by Crippen LogP contribution is 2.68. The van der Waals surface area contributed by atoms with Gasteiger partial charge in [0.1, 0.15) is 12.6 Å². The van der Waals surface area contributed by atoms with Gasteiger partial charge in [-0.2, -0.15) is 0 Å². The minimum absolute atomic E-state index is 0.00837. The van der Waals surface area contributed by atoms with Gasteiger partial charge in [-0.3, -0.25) is 14.4 Å². The Morgan fingerprint density at radius 1 is 1.24 bits per heavy atom. The van der Waals surface area contributed by atoms with Crippen molar-refractivity contribution < 1.29 is 24.2 Å². The van der Waals surface area contributed by atoms with Gasteiger partial charge in [-0.25, -0.2) is 0 Å². The molecule has 0 aromatic rings. The third kappa shape index (κ3) is 5.69. The molecule has 2 bridgehead atoms. The van der Waals surface area contributed by atoms with E-state index in [1.165, 1.54) is 6.08 Å². The molecule has 1 N–H and O–H groups in total. The van der Waals surface area contributed by atoms with Crippen molar-refractivity contribution in [3.05, 3.63) is 25.3 Å². The molecule has 1 spiro atoms. The highest BCUT2D eigenvalue weighted by atomic mass is 79.9. The van der Waals surface area contributed by atoms with Crippen molar-refractivity contribution in [2.45, 2.75) is 86.7 Å². The molecule has 0 saturated carbocycles. The van der Waals surface area contributed by atoms with E-state index in [1.807, 2.05) is 4.90 Å². The number of ether oxygens (including phenoxy) is 1. The van der Waals surface area contributed by atoms with Gasteiger partial charge in [0, 0.05) is 35.3 Å². The number of rotatable bonds is 12. The SMILES string of the molecule is C=CCOC(=O)[C@H]1[C@@H]2SC3(CC2Br)C(C(=O)N(CC=C)C(C)(C)CC(C)(C)C)N(CCCCO)C(=O)[C@H]13. The van der Waals surface area contributed by atoms with Gasteiger partial charge in [-0.1, -0.05) is 55.4 Å². The zero-order valence-electron chi connectivity index (χ0n) is 22.9. The molecule has 2 amide bonds. The number of alkyl halides is 1. The van der Waals surface area contributed by atoms with Crippen molar-refractivity contribution in [2.75, 3.05) is 26.3 Å². The van der Waals surface area contributed by atoms with E-state index in [0.717, 1.165) is 6.42 Å². The van der Waals surface area contributed by atoms with Gasteiger partial charge in [-0.05, 0) is 44.9 Å². The summed E-state index contributed by atoms with van der Waals surface area (Å²) in [5.74, 6) is -1.89. The maximum atomic E-state index is 14.6. The summed E-state index contributed by atoms with van der Waals surface area (Å²) < 4.78 is 4.73. The molecule has 37 heavy (non-hydrogen) atoms. The molecular weight excluding hydrogens is 556 g/mol. The van der Waals surface area contributed by atoms with Gasteiger partial charge in [0.05, 0.1) is 16.6 Å². The first kappa shape index (κ1) is 30.2. The van der Waals surface area contributed by atoms with Gasteiger partial charge < -0.3 is 19.6 Å². The van der Waals surface area contributed by atoms with Crippen LogP contribution in [0.4, 0.5) is 0 Å². The summed E-state index contributed by atoms with van der Waals surface area (Å²) in [5, 5.41) is 9.24. The third-order valence-corrected chi connectivity index (χ3v) is 10.9. The van der Waals surface area contributed by atoms with Crippen molar-refractivity contribution in [2.24, 2.45) is 17.3 Å². The fourth-order valence-corrected chi connectivity index (χ4v) is 10.5. The van der Waals surface area contributed by atoms with E-state index in [-0.39, 0.29) is 40.5 Å². The van der Waals surface area contributed by atoms with Crippen LogP contribution in [0, 0.1) is 17.3 Å². The number of likely N-dealkylation sites (tertiary alicyclic amines) is 1. The second-order valence-electron chi connectivity index (χ2n) is 12.3. The number of hydrogen-bond donors (Lipinski definition) is 1. The van der Waals surface area contributed by atoms with Crippen molar-refractivity contribution in [1.82, 2.24) is 9.80 Å². The first-order valence-corrected chi connectivity index (χ1v) is 15.0. The predicted molar refractivity (Wildman–Crippen MR) is 151 cm³/mol. The first-order valence-electron chi connectivity index (χ1n) is 13.2. The maximum absolute atomic E-state index is 14.6. The fourth-order valence-electron chi connectivity index (χ4n) is 6.86. The van der Waals surface area contributed by atoms with Crippen LogP contribution in [0.3, 0.4) is 0 Å². The van der Waals surface area contributed by atoms with Gasteiger partial charge >= 0.3 is 5.97 Å². The number of aliphatic hydroxyl groups is 1. The minimum Gasteiger partial charge on any atom is -0.461 e. The largest absolute Gasteiger partial charge is 0.461 e. The number of unbranched alkanes of at least 4 members (excludes halogenated alkanes) is 1. The number of aliphatic hydroxyl groups excluding tert-OH is 1. The van der Waals surface area contributed by atoms with Crippen LogP contribution in [0.15, 0.2) is 25.3 Å². The van der Waals surface area contributed by atoms with Crippen LogP contribution in [-0.2, 0) is 19.1 Å². The molecule has 0 aromatic carbocycles. The summed E-state index contributed by atoms with van der Waals surface area (Å²) in [6, 6.07) is -0.699. The number of esters is 1. The lowest BCUT2D eigenvalue weighted by atomic mass is 9.70. The summed E-state index contributed by atoms with van der Waals surface area (Å²) in [7, 11) is 0. The molecule has 208 valence electrons. The number of hydrogen-bond acceptors (Lipinski definition) is 6. The van der Waals surface area contributed by atoms with E-state index in [2.05, 4.69) is 63.7 Å². The molecule has 3 fully saturated rings. The van der Waals surface area contributed by atoms with E-state index in [1.54, 1.807) is 22.7 Å².